The van der Waals surface area contributed by atoms with Crippen molar-refractivity contribution >= 4 is 6.03 Å². The van der Waals surface area contributed by atoms with Gasteiger partial charge in [0.1, 0.15) is 0 Å². The van der Waals surface area contributed by atoms with E-state index < -0.39 is 0 Å². The highest BCUT2D eigenvalue weighted by Gasteiger charge is 2.20. The lowest BCUT2D eigenvalue weighted by Crippen LogP contribution is -2.42. The molecule has 4 heteroatoms. The van der Waals surface area contributed by atoms with Gasteiger partial charge < -0.3 is 14.5 Å². The maximum atomic E-state index is 11.6. The third-order valence-corrected chi connectivity index (χ3v) is 2.11. The zero-order chi connectivity index (χ0) is 9.84. The van der Waals surface area contributed by atoms with E-state index in [1.165, 1.54) is 0 Å². The zero-order valence-electron chi connectivity index (χ0n) is 8.62. The molecule has 1 atom stereocenters. The summed E-state index contributed by atoms with van der Waals surface area (Å²) in [5.41, 5.74) is 0. The predicted octanol–water partition coefficient (Wildman–Crippen LogP) is 0.779. The Balaban J connectivity index is 2.52. The Bertz CT molecular complexity index is 182. The van der Waals surface area contributed by atoms with Gasteiger partial charge in [0.25, 0.3) is 0 Å². The van der Waals surface area contributed by atoms with E-state index in [0.29, 0.717) is 6.54 Å². The van der Waals surface area contributed by atoms with Crippen molar-refractivity contribution in [2.45, 2.75) is 19.4 Å². The topological polar surface area (TPSA) is 32.8 Å². The van der Waals surface area contributed by atoms with E-state index >= 15 is 0 Å². The van der Waals surface area contributed by atoms with E-state index in [0.717, 1.165) is 19.6 Å². The van der Waals surface area contributed by atoms with Gasteiger partial charge in [0.15, 0.2) is 0 Å². The maximum Gasteiger partial charge on any atom is 0.319 e. The summed E-state index contributed by atoms with van der Waals surface area (Å²) in [6.07, 6.45) is 1.09. The van der Waals surface area contributed by atoms with Crippen LogP contribution >= 0.6 is 0 Å². The summed E-state index contributed by atoms with van der Waals surface area (Å²) < 4.78 is 5.45. The fourth-order valence-corrected chi connectivity index (χ4v) is 1.45. The Morgan fingerprint density at radius 3 is 2.85 bits per heavy atom. The monoisotopic (exact) mass is 186 g/mol. The first-order chi connectivity index (χ1) is 6.11. The molecule has 1 unspecified atom stereocenters. The molecule has 1 heterocycles. The Hall–Kier alpha value is -0.770. The molecule has 76 valence electrons. The number of hydrogen-bond donors (Lipinski definition) is 0. The number of carbonyl (C=O) groups excluding carboxylic acids is 1. The van der Waals surface area contributed by atoms with Gasteiger partial charge in [-0.25, -0.2) is 4.79 Å². The quantitative estimate of drug-likeness (QED) is 0.560. The first-order valence-electron chi connectivity index (χ1n) is 4.69. The standard InChI is InChI=1S/C9H18N2O2/c1-8-7-11(5-4-6-13-8)9(12)10(2)3/h8H,4-7H2,1-3H3. The van der Waals surface area contributed by atoms with E-state index in [9.17, 15) is 4.79 Å². The SMILES string of the molecule is CC1CN(C(=O)N(C)C)CCCO1. The van der Waals surface area contributed by atoms with Crippen molar-refractivity contribution < 1.29 is 9.53 Å². The second kappa shape index (κ2) is 4.46. The maximum absolute atomic E-state index is 11.6. The number of amides is 2. The first-order valence-corrected chi connectivity index (χ1v) is 4.69. The van der Waals surface area contributed by atoms with Crippen LogP contribution in [0.15, 0.2) is 0 Å². The summed E-state index contributed by atoms with van der Waals surface area (Å²) in [4.78, 5) is 15.0. The molecule has 0 spiro atoms. The van der Waals surface area contributed by atoms with Crippen LogP contribution in [0.25, 0.3) is 0 Å². The van der Waals surface area contributed by atoms with Crippen LogP contribution in [0.3, 0.4) is 0 Å². The van der Waals surface area contributed by atoms with Gasteiger partial charge in [-0.05, 0) is 13.3 Å². The average Bonchev–Trinajstić information content (AvgIpc) is 2.28. The molecular formula is C9H18N2O2. The number of ether oxygens (including phenoxy) is 1. The molecule has 0 saturated carbocycles. The van der Waals surface area contributed by atoms with Crippen LogP contribution in [-0.2, 0) is 4.74 Å². The Labute approximate surface area is 79.4 Å². The van der Waals surface area contributed by atoms with Gasteiger partial charge in [-0.15, -0.1) is 0 Å². The second-order valence-electron chi connectivity index (χ2n) is 3.66. The lowest BCUT2D eigenvalue weighted by Gasteiger charge is -2.25. The van der Waals surface area contributed by atoms with Crippen molar-refractivity contribution in [2.24, 2.45) is 0 Å². The van der Waals surface area contributed by atoms with Gasteiger partial charge in [-0.3, -0.25) is 0 Å². The number of rotatable bonds is 0. The molecule has 2 amide bonds. The van der Waals surface area contributed by atoms with Crippen LogP contribution in [0, 0.1) is 0 Å². The van der Waals surface area contributed by atoms with E-state index in [2.05, 4.69) is 0 Å². The van der Waals surface area contributed by atoms with Crippen molar-refractivity contribution in [2.75, 3.05) is 33.8 Å². The molecular weight excluding hydrogens is 168 g/mol. The average molecular weight is 186 g/mol. The van der Waals surface area contributed by atoms with Gasteiger partial charge in [0, 0.05) is 33.8 Å². The molecule has 0 radical (unpaired) electrons. The minimum absolute atomic E-state index is 0.0809. The minimum Gasteiger partial charge on any atom is -0.377 e. The number of nitrogens with zero attached hydrogens (tertiary/aromatic N) is 2. The molecule has 1 rings (SSSR count). The molecule has 13 heavy (non-hydrogen) atoms. The Morgan fingerprint density at radius 1 is 1.54 bits per heavy atom. The number of hydrogen-bond acceptors (Lipinski definition) is 2. The summed E-state index contributed by atoms with van der Waals surface area (Å²) in [7, 11) is 3.55. The fraction of sp³-hybridized carbons (Fsp3) is 0.889. The Morgan fingerprint density at radius 2 is 2.23 bits per heavy atom. The Kier molecular flexibility index (Phi) is 3.54. The summed E-state index contributed by atoms with van der Waals surface area (Å²) >= 11 is 0. The van der Waals surface area contributed by atoms with Crippen LogP contribution in [0.1, 0.15) is 13.3 Å². The van der Waals surface area contributed by atoms with E-state index in [-0.39, 0.29) is 12.1 Å². The molecule has 0 aromatic rings. The van der Waals surface area contributed by atoms with Crippen LogP contribution in [-0.4, -0.2) is 55.7 Å². The first kappa shape index (κ1) is 10.3. The lowest BCUT2D eigenvalue weighted by molar-refractivity contribution is 0.0692. The lowest BCUT2D eigenvalue weighted by atomic mass is 10.3. The summed E-state index contributed by atoms with van der Waals surface area (Å²) in [5, 5.41) is 0. The molecule has 0 aliphatic carbocycles. The molecule has 0 bridgehead atoms. The largest absolute Gasteiger partial charge is 0.377 e. The van der Waals surface area contributed by atoms with Crippen molar-refractivity contribution in [3.05, 3.63) is 0 Å². The molecule has 1 aliphatic heterocycles. The van der Waals surface area contributed by atoms with Crippen molar-refractivity contribution in [1.29, 1.82) is 0 Å². The number of urea groups is 1. The zero-order valence-corrected chi connectivity index (χ0v) is 8.62. The molecule has 1 aliphatic rings. The highest BCUT2D eigenvalue weighted by Crippen LogP contribution is 2.06. The van der Waals surface area contributed by atoms with Gasteiger partial charge >= 0.3 is 6.03 Å². The highest BCUT2D eigenvalue weighted by molar-refractivity contribution is 5.73. The number of carbonyl (C=O) groups is 1. The van der Waals surface area contributed by atoms with Crippen LogP contribution < -0.4 is 0 Å². The molecule has 0 aromatic carbocycles. The van der Waals surface area contributed by atoms with Crippen molar-refractivity contribution in [1.82, 2.24) is 9.80 Å². The highest BCUT2D eigenvalue weighted by atomic mass is 16.5. The third-order valence-electron chi connectivity index (χ3n) is 2.11. The third kappa shape index (κ3) is 2.88. The van der Waals surface area contributed by atoms with E-state index in [1.807, 2.05) is 11.8 Å². The van der Waals surface area contributed by atoms with Gasteiger partial charge in [0.05, 0.1) is 6.10 Å². The molecule has 0 aromatic heterocycles. The second-order valence-corrected chi connectivity index (χ2v) is 3.66. The summed E-state index contributed by atoms with van der Waals surface area (Å²) in [6.45, 7) is 4.28. The van der Waals surface area contributed by atoms with E-state index in [4.69, 9.17) is 4.74 Å². The molecule has 4 nitrogen and oxygen atoms in total. The summed E-state index contributed by atoms with van der Waals surface area (Å²) in [5.74, 6) is 0. The van der Waals surface area contributed by atoms with Gasteiger partial charge in [-0.2, -0.15) is 0 Å². The predicted molar refractivity (Wildman–Crippen MR) is 50.7 cm³/mol. The minimum atomic E-state index is 0.0809. The van der Waals surface area contributed by atoms with E-state index in [1.54, 1.807) is 19.0 Å². The van der Waals surface area contributed by atoms with Crippen LogP contribution in [0.2, 0.25) is 0 Å². The van der Waals surface area contributed by atoms with Gasteiger partial charge in [-0.1, -0.05) is 0 Å². The fourth-order valence-electron chi connectivity index (χ4n) is 1.45. The smallest absolute Gasteiger partial charge is 0.319 e. The molecule has 0 N–H and O–H groups in total. The van der Waals surface area contributed by atoms with Crippen LogP contribution in [0.5, 0.6) is 0 Å². The molecule has 1 fully saturated rings. The molecule has 1 saturated heterocycles. The van der Waals surface area contributed by atoms with Crippen molar-refractivity contribution in [3.63, 3.8) is 0 Å². The van der Waals surface area contributed by atoms with Crippen molar-refractivity contribution in [3.8, 4) is 0 Å². The normalized spacial score (nSPS) is 23.9. The van der Waals surface area contributed by atoms with Gasteiger partial charge in [0.2, 0.25) is 0 Å². The van der Waals surface area contributed by atoms with Crippen LogP contribution in [0.4, 0.5) is 4.79 Å². The summed E-state index contributed by atoms with van der Waals surface area (Å²) in [6, 6.07) is 0.0809.